The Morgan fingerprint density at radius 1 is 0.862 bits per heavy atom. The summed E-state index contributed by atoms with van der Waals surface area (Å²) in [5.41, 5.74) is -0.512. The topological polar surface area (TPSA) is 87.1 Å². The molecule has 29 heavy (non-hydrogen) atoms. The molecule has 9 heteroatoms. The quantitative estimate of drug-likeness (QED) is 0.468. The number of hydrogen-bond donors (Lipinski definition) is 0. The van der Waals surface area contributed by atoms with Gasteiger partial charge in [-0.15, -0.1) is 0 Å². The Morgan fingerprint density at radius 2 is 1.38 bits per heavy atom. The Hall–Kier alpha value is -3.16. The normalized spacial score (nSPS) is 12.4. The van der Waals surface area contributed by atoms with Crippen LogP contribution in [-0.4, -0.2) is 14.1 Å². The van der Waals surface area contributed by atoms with Crippen LogP contribution in [0.2, 0.25) is 10.0 Å². The van der Waals surface area contributed by atoms with E-state index in [4.69, 9.17) is 23.2 Å². The molecule has 0 saturated heterocycles. The van der Waals surface area contributed by atoms with Crippen LogP contribution in [0.1, 0.15) is 11.1 Å². The van der Waals surface area contributed by atoms with Gasteiger partial charge in [0, 0.05) is 35.8 Å². The summed E-state index contributed by atoms with van der Waals surface area (Å²) in [6.07, 6.45) is 2.78. The second kappa shape index (κ2) is 8.06. The molecule has 0 N–H and O–H groups in total. The van der Waals surface area contributed by atoms with Crippen molar-refractivity contribution < 1.29 is 4.92 Å². The van der Waals surface area contributed by atoms with E-state index in [1.807, 2.05) is 0 Å². The second-order valence-corrected chi connectivity index (χ2v) is 7.05. The maximum atomic E-state index is 12.9. The van der Waals surface area contributed by atoms with Gasteiger partial charge in [0.15, 0.2) is 0 Å². The molecule has 7 nitrogen and oxygen atoms in total. The zero-order chi connectivity index (χ0) is 21.3. The van der Waals surface area contributed by atoms with E-state index in [9.17, 15) is 19.7 Å². The third kappa shape index (κ3) is 3.87. The molecule has 2 aromatic carbocycles. The highest BCUT2D eigenvalue weighted by Gasteiger charge is 2.13. The minimum Gasteiger partial charge on any atom is -0.305 e. The Balaban J connectivity index is 2.38. The Bertz CT molecular complexity index is 1350. The van der Waals surface area contributed by atoms with Gasteiger partial charge in [0.25, 0.3) is 16.8 Å². The van der Waals surface area contributed by atoms with Gasteiger partial charge < -0.3 is 9.13 Å². The molecule has 0 aliphatic carbocycles. The van der Waals surface area contributed by atoms with Crippen LogP contribution in [0.4, 0.5) is 5.69 Å². The molecule has 0 saturated carbocycles. The van der Waals surface area contributed by atoms with Crippen molar-refractivity contribution in [2.24, 2.45) is 14.1 Å². The van der Waals surface area contributed by atoms with Crippen LogP contribution in [0.15, 0.2) is 52.1 Å². The average Bonchev–Trinajstić information content (AvgIpc) is 2.69. The molecule has 3 rings (SSSR count). The van der Waals surface area contributed by atoms with Crippen molar-refractivity contribution in [2.75, 3.05) is 0 Å². The van der Waals surface area contributed by atoms with Crippen LogP contribution >= 0.6 is 23.2 Å². The molecule has 0 aliphatic rings. The average molecular weight is 432 g/mol. The van der Waals surface area contributed by atoms with Crippen LogP contribution in [0.3, 0.4) is 0 Å². The first kappa shape index (κ1) is 20.6. The lowest BCUT2D eigenvalue weighted by Gasteiger charge is -2.06. The summed E-state index contributed by atoms with van der Waals surface area (Å²) in [6.45, 7) is 0. The first-order valence-electron chi connectivity index (χ1n) is 8.39. The van der Waals surface area contributed by atoms with Crippen LogP contribution < -0.4 is 21.8 Å². The first-order chi connectivity index (χ1) is 13.7. The van der Waals surface area contributed by atoms with Gasteiger partial charge >= 0.3 is 0 Å². The molecular weight excluding hydrogens is 417 g/mol. The number of halogens is 2. The fourth-order valence-electron chi connectivity index (χ4n) is 2.87. The lowest BCUT2D eigenvalue weighted by Crippen LogP contribution is -2.56. The van der Waals surface area contributed by atoms with Gasteiger partial charge in [0.05, 0.1) is 10.5 Å². The van der Waals surface area contributed by atoms with E-state index in [-0.39, 0.29) is 21.9 Å². The molecule has 0 spiro atoms. The van der Waals surface area contributed by atoms with Crippen molar-refractivity contribution in [2.45, 2.75) is 0 Å². The van der Waals surface area contributed by atoms with Crippen molar-refractivity contribution in [1.29, 1.82) is 0 Å². The van der Waals surface area contributed by atoms with Gasteiger partial charge in [-0.3, -0.25) is 19.7 Å². The second-order valence-electron chi connectivity index (χ2n) is 6.24. The largest absolute Gasteiger partial charge is 0.305 e. The number of benzene rings is 2. The molecule has 0 bridgehead atoms. The molecule has 1 aromatic heterocycles. The summed E-state index contributed by atoms with van der Waals surface area (Å²) in [6, 6.07) is 10.9. The van der Waals surface area contributed by atoms with E-state index in [0.717, 1.165) is 4.57 Å². The lowest BCUT2D eigenvalue weighted by atomic mass is 10.1. The highest BCUT2D eigenvalue weighted by molar-refractivity contribution is 6.37. The fraction of sp³-hybridized carbons (Fsp3) is 0.100. The first-order valence-corrected chi connectivity index (χ1v) is 9.15. The van der Waals surface area contributed by atoms with Crippen molar-refractivity contribution in [1.82, 2.24) is 9.13 Å². The van der Waals surface area contributed by atoms with Crippen molar-refractivity contribution in [3.8, 4) is 0 Å². The number of nitrogens with zero attached hydrogens (tertiary/aromatic N) is 3. The number of hydrogen-bond acceptors (Lipinski definition) is 4. The van der Waals surface area contributed by atoms with E-state index >= 15 is 0 Å². The Morgan fingerprint density at radius 3 is 1.93 bits per heavy atom. The summed E-state index contributed by atoms with van der Waals surface area (Å²) in [5.74, 6) is 0. The molecular formula is C20H15Cl2N3O4. The van der Waals surface area contributed by atoms with Crippen LogP contribution in [0.25, 0.3) is 12.2 Å². The Labute approximate surface area is 174 Å². The maximum Gasteiger partial charge on any atom is 0.276 e. The van der Waals surface area contributed by atoms with Crippen molar-refractivity contribution in [3.63, 3.8) is 0 Å². The standard InChI is InChI=1S/C20H15Cl2N3O4/c1-23-17(10-12-6-3-4-9-16(12)25(28)29)19(26)24(2)18(20(23)27)11-13-14(21)7-5-8-15(13)22/h3-11H,1-2H3. The third-order valence-electron chi connectivity index (χ3n) is 4.48. The van der Waals surface area contributed by atoms with Gasteiger partial charge in [-0.05, 0) is 30.4 Å². The summed E-state index contributed by atoms with van der Waals surface area (Å²) in [5, 5.41) is 12.0. The number of nitro groups is 1. The van der Waals surface area contributed by atoms with Crippen molar-refractivity contribution in [3.05, 3.63) is 105 Å². The molecule has 3 aromatic rings. The van der Waals surface area contributed by atoms with Crippen LogP contribution in [-0.2, 0) is 14.1 Å². The number of para-hydroxylation sites is 1. The maximum absolute atomic E-state index is 12.9. The molecule has 0 aliphatic heterocycles. The lowest BCUT2D eigenvalue weighted by molar-refractivity contribution is -0.385. The number of nitro benzene ring substituents is 1. The van der Waals surface area contributed by atoms with Gasteiger partial charge in [0.1, 0.15) is 10.7 Å². The smallest absolute Gasteiger partial charge is 0.276 e. The highest BCUT2D eigenvalue weighted by atomic mass is 35.5. The molecule has 148 valence electrons. The zero-order valence-electron chi connectivity index (χ0n) is 15.4. The zero-order valence-corrected chi connectivity index (χ0v) is 16.9. The van der Waals surface area contributed by atoms with Gasteiger partial charge in [-0.25, -0.2) is 0 Å². The van der Waals surface area contributed by atoms with Crippen molar-refractivity contribution >= 4 is 41.0 Å². The molecule has 0 radical (unpaired) electrons. The monoisotopic (exact) mass is 431 g/mol. The van der Waals surface area contributed by atoms with Crippen LogP contribution in [0, 0.1) is 10.1 Å². The van der Waals surface area contributed by atoms with E-state index in [2.05, 4.69) is 0 Å². The van der Waals surface area contributed by atoms with E-state index in [1.54, 1.807) is 24.3 Å². The van der Waals surface area contributed by atoms with E-state index in [1.165, 1.54) is 49.0 Å². The minimum absolute atomic E-state index is 0.00852. The number of rotatable bonds is 3. The van der Waals surface area contributed by atoms with Gasteiger partial charge in [-0.1, -0.05) is 41.4 Å². The van der Waals surface area contributed by atoms with Gasteiger partial charge in [0.2, 0.25) is 0 Å². The summed E-state index contributed by atoms with van der Waals surface area (Å²) in [4.78, 5) is 36.5. The molecule has 0 atom stereocenters. The highest BCUT2D eigenvalue weighted by Crippen LogP contribution is 2.24. The summed E-state index contributed by atoms with van der Waals surface area (Å²) >= 11 is 12.3. The number of aromatic nitrogens is 2. The summed E-state index contributed by atoms with van der Waals surface area (Å²) in [7, 11) is 2.87. The molecule has 0 fully saturated rings. The van der Waals surface area contributed by atoms with E-state index in [0.29, 0.717) is 15.6 Å². The SMILES string of the molecule is Cn1c(=O)c(=Cc2c(Cl)cccc2Cl)n(C)c(=O)c1=Cc1ccccc1[N+](=O)[O-]. The molecule has 0 amide bonds. The third-order valence-corrected chi connectivity index (χ3v) is 5.14. The molecule has 0 unspecified atom stereocenters. The van der Waals surface area contributed by atoms with Crippen LogP contribution in [0.5, 0.6) is 0 Å². The predicted molar refractivity (Wildman–Crippen MR) is 113 cm³/mol. The summed E-state index contributed by atoms with van der Waals surface area (Å²) < 4.78 is 2.32. The van der Waals surface area contributed by atoms with E-state index < -0.39 is 16.0 Å². The van der Waals surface area contributed by atoms with Gasteiger partial charge in [-0.2, -0.15) is 0 Å². The minimum atomic E-state index is -0.546. The Kier molecular flexibility index (Phi) is 5.72. The molecule has 1 heterocycles. The predicted octanol–water partition coefficient (Wildman–Crippen LogP) is 1.96. The fourth-order valence-corrected chi connectivity index (χ4v) is 3.38.